The predicted octanol–water partition coefficient (Wildman–Crippen LogP) is 2.71. The first-order valence-electron chi connectivity index (χ1n) is 6.94. The third-order valence-electron chi connectivity index (χ3n) is 4.18. The van der Waals surface area contributed by atoms with E-state index in [4.69, 9.17) is 4.74 Å². The zero-order valence-electron chi connectivity index (χ0n) is 10.9. The normalized spacial score (nSPS) is 29.4. The second-order valence-electron chi connectivity index (χ2n) is 5.43. The van der Waals surface area contributed by atoms with Crippen molar-refractivity contribution in [2.45, 2.75) is 44.4 Å². The zero-order chi connectivity index (χ0) is 12.5. The second kappa shape index (κ2) is 4.90. The maximum atomic E-state index is 9.38. The van der Waals surface area contributed by atoms with Gasteiger partial charge in [0.15, 0.2) is 0 Å². The minimum absolute atomic E-state index is 0.343. The smallest absolute Gasteiger partial charge is 0.115 e. The van der Waals surface area contributed by atoms with Crippen LogP contribution in [-0.2, 0) is 4.74 Å². The summed E-state index contributed by atoms with van der Waals surface area (Å²) in [5.74, 6) is 0.343. The first-order chi connectivity index (χ1) is 8.76. The van der Waals surface area contributed by atoms with Gasteiger partial charge in [0.2, 0.25) is 0 Å². The molecular formula is C15H21NO2. The third-order valence-corrected chi connectivity index (χ3v) is 4.18. The number of rotatable bonds is 3. The number of benzene rings is 1. The average molecular weight is 247 g/mol. The summed E-state index contributed by atoms with van der Waals surface area (Å²) in [6, 6.07) is 8.11. The van der Waals surface area contributed by atoms with Crippen molar-refractivity contribution < 1.29 is 9.84 Å². The largest absolute Gasteiger partial charge is 0.508 e. The van der Waals surface area contributed by atoms with Crippen LogP contribution in [0.2, 0.25) is 0 Å². The van der Waals surface area contributed by atoms with Crippen molar-refractivity contribution in [1.29, 1.82) is 0 Å². The van der Waals surface area contributed by atoms with Crippen LogP contribution in [0, 0.1) is 0 Å². The summed E-state index contributed by atoms with van der Waals surface area (Å²) in [7, 11) is 0. The van der Waals surface area contributed by atoms with Gasteiger partial charge in [-0.05, 0) is 37.0 Å². The number of phenols is 1. The Kier molecular flexibility index (Phi) is 3.27. The fourth-order valence-corrected chi connectivity index (χ4v) is 3.30. The lowest BCUT2D eigenvalue weighted by Gasteiger charge is -2.37. The number of hydrogen-bond donors (Lipinski definition) is 1. The van der Waals surface area contributed by atoms with Crippen LogP contribution in [0.25, 0.3) is 0 Å². The quantitative estimate of drug-likeness (QED) is 0.891. The Hall–Kier alpha value is -1.06. The molecule has 18 heavy (non-hydrogen) atoms. The van der Waals surface area contributed by atoms with Gasteiger partial charge in [-0.1, -0.05) is 19.1 Å². The topological polar surface area (TPSA) is 32.7 Å². The lowest BCUT2D eigenvalue weighted by Crippen LogP contribution is -2.44. The van der Waals surface area contributed by atoms with E-state index in [1.54, 1.807) is 12.1 Å². The maximum Gasteiger partial charge on any atom is 0.115 e. The Labute approximate surface area is 108 Å². The van der Waals surface area contributed by atoms with Crippen molar-refractivity contribution in [3.05, 3.63) is 29.8 Å². The monoisotopic (exact) mass is 247 g/mol. The fraction of sp³-hybridized carbons (Fsp3) is 0.600. The highest BCUT2D eigenvalue weighted by molar-refractivity contribution is 5.28. The van der Waals surface area contributed by atoms with E-state index < -0.39 is 0 Å². The van der Waals surface area contributed by atoms with E-state index in [1.807, 2.05) is 12.1 Å². The van der Waals surface area contributed by atoms with Crippen LogP contribution in [0.5, 0.6) is 5.75 Å². The summed E-state index contributed by atoms with van der Waals surface area (Å²) < 4.78 is 5.90. The zero-order valence-corrected chi connectivity index (χ0v) is 10.9. The average Bonchev–Trinajstić information content (AvgIpc) is 2.72. The Morgan fingerprint density at radius 3 is 2.39 bits per heavy atom. The molecule has 0 radical (unpaired) electrons. The number of phenolic OH excluding ortho intramolecular Hbond substituents is 1. The molecule has 2 aliphatic rings. The lowest BCUT2D eigenvalue weighted by molar-refractivity contribution is -0.0538. The van der Waals surface area contributed by atoms with E-state index in [-0.39, 0.29) is 0 Å². The van der Waals surface area contributed by atoms with Gasteiger partial charge in [-0.15, -0.1) is 0 Å². The van der Waals surface area contributed by atoms with Crippen LogP contribution in [0.15, 0.2) is 24.3 Å². The molecule has 1 aromatic carbocycles. The molecule has 3 unspecified atom stereocenters. The highest BCUT2D eigenvalue weighted by Gasteiger charge is 2.36. The van der Waals surface area contributed by atoms with Crippen LogP contribution in [0.4, 0.5) is 0 Å². The summed E-state index contributed by atoms with van der Waals surface area (Å²) in [6.45, 7) is 4.33. The molecule has 3 heteroatoms. The Morgan fingerprint density at radius 1 is 1.22 bits per heavy atom. The Balaban J connectivity index is 1.77. The number of nitrogens with zero attached hydrogens (tertiary/aromatic N) is 1. The van der Waals surface area contributed by atoms with Crippen LogP contribution in [0.3, 0.4) is 0 Å². The summed E-state index contributed by atoms with van der Waals surface area (Å²) >= 11 is 0. The van der Waals surface area contributed by atoms with Crippen molar-refractivity contribution in [1.82, 2.24) is 4.90 Å². The van der Waals surface area contributed by atoms with E-state index >= 15 is 0 Å². The molecule has 3 atom stereocenters. The first-order valence-corrected chi connectivity index (χ1v) is 6.94. The highest BCUT2D eigenvalue weighted by atomic mass is 16.5. The van der Waals surface area contributed by atoms with Crippen LogP contribution >= 0.6 is 0 Å². The van der Waals surface area contributed by atoms with Crippen molar-refractivity contribution in [2.24, 2.45) is 0 Å². The molecule has 98 valence electrons. The number of hydrogen-bond acceptors (Lipinski definition) is 3. The summed E-state index contributed by atoms with van der Waals surface area (Å²) in [5.41, 5.74) is 1.30. The van der Waals surface area contributed by atoms with E-state index in [0.29, 0.717) is 24.0 Å². The minimum Gasteiger partial charge on any atom is -0.508 e. The van der Waals surface area contributed by atoms with Gasteiger partial charge in [0.1, 0.15) is 5.75 Å². The molecule has 2 fully saturated rings. The molecule has 0 amide bonds. The number of ether oxygens (including phenoxy) is 1. The van der Waals surface area contributed by atoms with Gasteiger partial charge in [0.05, 0.1) is 12.2 Å². The van der Waals surface area contributed by atoms with Crippen molar-refractivity contribution in [3.63, 3.8) is 0 Å². The molecular weight excluding hydrogens is 226 g/mol. The van der Waals surface area contributed by atoms with E-state index in [2.05, 4.69) is 11.8 Å². The minimum atomic E-state index is 0.343. The molecule has 3 rings (SSSR count). The Morgan fingerprint density at radius 2 is 1.83 bits per heavy atom. The van der Waals surface area contributed by atoms with Gasteiger partial charge in [-0.3, -0.25) is 4.90 Å². The standard InChI is InChI=1S/C15H21NO2/c1-2-15(11-3-5-12(17)6-4-11)16-9-13-7-8-14(10-16)18-13/h3-6,13-15,17H,2,7-10H2,1H3. The van der Waals surface area contributed by atoms with Gasteiger partial charge in [0.25, 0.3) is 0 Å². The van der Waals surface area contributed by atoms with Gasteiger partial charge >= 0.3 is 0 Å². The van der Waals surface area contributed by atoms with E-state index in [0.717, 1.165) is 19.5 Å². The molecule has 0 aromatic heterocycles. The van der Waals surface area contributed by atoms with Crippen molar-refractivity contribution >= 4 is 0 Å². The molecule has 2 saturated heterocycles. The van der Waals surface area contributed by atoms with Crippen molar-refractivity contribution in [3.8, 4) is 5.75 Å². The van der Waals surface area contributed by atoms with E-state index in [1.165, 1.54) is 18.4 Å². The fourth-order valence-electron chi connectivity index (χ4n) is 3.30. The van der Waals surface area contributed by atoms with Crippen LogP contribution in [-0.4, -0.2) is 35.3 Å². The predicted molar refractivity (Wildman–Crippen MR) is 70.6 cm³/mol. The van der Waals surface area contributed by atoms with Gasteiger partial charge in [0, 0.05) is 19.1 Å². The molecule has 0 spiro atoms. The lowest BCUT2D eigenvalue weighted by atomic mass is 10.0. The highest BCUT2D eigenvalue weighted by Crippen LogP contribution is 2.33. The van der Waals surface area contributed by atoms with E-state index in [9.17, 15) is 5.11 Å². The maximum absolute atomic E-state index is 9.38. The van der Waals surface area contributed by atoms with Crippen molar-refractivity contribution in [2.75, 3.05) is 13.1 Å². The molecule has 2 aliphatic heterocycles. The second-order valence-corrected chi connectivity index (χ2v) is 5.43. The molecule has 0 saturated carbocycles. The molecule has 3 nitrogen and oxygen atoms in total. The first kappa shape index (κ1) is 12.0. The summed E-state index contributed by atoms with van der Waals surface area (Å²) in [4.78, 5) is 2.55. The molecule has 1 N–H and O–H groups in total. The van der Waals surface area contributed by atoms with Gasteiger partial charge in [-0.2, -0.15) is 0 Å². The number of morpholine rings is 1. The van der Waals surface area contributed by atoms with Gasteiger partial charge < -0.3 is 9.84 Å². The van der Waals surface area contributed by atoms with Gasteiger partial charge in [-0.25, -0.2) is 0 Å². The molecule has 2 bridgehead atoms. The number of fused-ring (bicyclic) bond motifs is 2. The number of aromatic hydroxyl groups is 1. The molecule has 0 aliphatic carbocycles. The Bertz CT molecular complexity index is 391. The summed E-state index contributed by atoms with van der Waals surface area (Å²) in [5, 5.41) is 9.38. The molecule has 2 heterocycles. The van der Waals surface area contributed by atoms with Crippen LogP contribution < -0.4 is 0 Å². The summed E-state index contributed by atoms with van der Waals surface area (Å²) in [6.07, 6.45) is 4.41. The number of likely N-dealkylation sites (tertiary alicyclic amines) is 1. The van der Waals surface area contributed by atoms with Crippen LogP contribution in [0.1, 0.15) is 37.8 Å². The SMILES string of the molecule is CCC(c1ccc(O)cc1)N1CC2CCC(C1)O2. The molecule has 1 aromatic rings. The third kappa shape index (κ3) is 2.25.